The molecular formula is C12H21N3. The largest absolute Gasteiger partial charge is 0.351 e. The van der Waals surface area contributed by atoms with Gasteiger partial charge in [-0.25, -0.2) is 4.99 Å². The lowest BCUT2D eigenvalue weighted by molar-refractivity contribution is 0.361. The molecule has 0 aromatic rings. The second-order valence-electron chi connectivity index (χ2n) is 5.00. The van der Waals surface area contributed by atoms with Crippen molar-refractivity contribution in [3.05, 3.63) is 12.3 Å². The number of rotatable bonds is 2. The van der Waals surface area contributed by atoms with Crippen molar-refractivity contribution in [1.29, 1.82) is 0 Å². The molecule has 0 bridgehead atoms. The van der Waals surface area contributed by atoms with Gasteiger partial charge in [-0.05, 0) is 31.6 Å². The van der Waals surface area contributed by atoms with Crippen LogP contribution in [0.3, 0.4) is 0 Å². The van der Waals surface area contributed by atoms with Crippen LogP contribution in [0.25, 0.3) is 0 Å². The van der Waals surface area contributed by atoms with Gasteiger partial charge in [0, 0.05) is 11.2 Å². The molecule has 0 saturated heterocycles. The van der Waals surface area contributed by atoms with Gasteiger partial charge in [-0.2, -0.15) is 0 Å². The summed E-state index contributed by atoms with van der Waals surface area (Å²) in [7, 11) is 0. The van der Waals surface area contributed by atoms with E-state index in [1.165, 1.54) is 25.7 Å². The molecular weight excluding hydrogens is 186 g/mol. The van der Waals surface area contributed by atoms with Crippen molar-refractivity contribution < 1.29 is 0 Å². The Morgan fingerprint density at radius 1 is 1.67 bits per heavy atom. The molecule has 1 fully saturated rings. The molecule has 3 heteroatoms. The lowest BCUT2D eigenvalue weighted by atomic mass is 9.93. The fourth-order valence-corrected chi connectivity index (χ4v) is 2.66. The fourth-order valence-electron chi connectivity index (χ4n) is 2.66. The van der Waals surface area contributed by atoms with Gasteiger partial charge in [0.1, 0.15) is 0 Å². The maximum absolute atomic E-state index is 4.39. The van der Waals surface area contributed by atoms with Crippen molar-refractivity contribution in [3.8, 4) is 0 Å². The Morgan fingerprint density at radius 3 is 2.93 bits per heavy atom. The molecule has 84 valence electrons. The number of nitrogens with one attached hydrogen (secondary N) is 2. The van der Waals surface area contributed by atoms with E-state index < -0.39 is 0 Å². The van der Waals surface area contributed by atoms with Gasteiger partial charge in [0.2, 0.25) is 0 Å². The van der Waals surface area contributed by atoms with E-state index in [9.17, 15) is 0 Å². The van der Waals surface area contributed by atoms with Gasteiger partial charge in [0.25, 0.3) is 0 Å². The first-order valence-electron chi connectivity index (χ1n) is 5.91. The van der Waals surface area contributed by atoms with Crippen molar-refractivity contribution in [2.45, 2.75) is 45.1 Å². The lowest BCUT2D eigenvalue weighted by Gasteiger charge is -2.30. The zero-order valence-corrected chi connectivity index (χ0v) is 9.77. The molecule has 2 atom stereocenters. The zero-order valence-electron chi connectivity index (χ0n) is 9.77. The van der Waals surface area contributed by atoms with Crippen LogP contribution < -0.4 is 10.6 Å². The standard InChI is InChI=1S/C12H21N3/c1-4-12(6-5-9(2)7-12)15-11-13-8-10(3)14-11/h9H,3-8H2,1-2H3,(H2,13,14,15). The molecule has 15 heavy (non-hydrogen) atoms. The van der Waals surface area contributed by atoms with E-state index >= 15 is 0 Å². The van der Waals surface area contributed by atoms with E-state index in [0.717, 1.165) is 24.1 Å². The van der Waals surface area contributed by atoms with Gasteiger partial charge in [-0.3, -0.25) is 0 Å². The summed E-state index contributed by atoms with van der Waals surface area (Å²) in [4.78, 5) is 4.39. The highest BCUT2D eigenvalue weighted by atomic mass is 15.2. The second-order valence-corrected chi connectivity index (χ2v) is 5.00. The first-order chi connectivity index (χ1) is 7.13. The van der Waals surface area contributed by atoms with Crippen LogP contribution in [0.5, 0.6) is 0 Å². The summed E-state index contributed by atoms with van der Waals surface area (Å²) in [5.41, 5.74) is 1.27. The molecule has 2 rings (SSSR count). The maximum atomic E-state index is 4.39. The summed E-state index contributed by atoms with van der Waals surface area (Å²) in [5, 5.41) is 6.78. The summed E-state index contributed by atoms with van der Waals surface area (Å²) >= 11 is 0. The predicted octanol–water partition coefficient (Wildman–Crippen LogP) is 2.02. The van der Waals surface area contributed by atoms with Crippen LogP contribution in [0.2, 0.25) is 0 Å². The minimum Gasteiger partial charge on any atom is -0.351 e. The molecule has 3 nitrogen and oxygen atoms in total. The van der Waals surface area contributed by atoms with Gasteiger partial charge < -0.3 is 10.6 Å². The topological polar surface area (TPSA) is 36.4 Å². The number of hydrogen-bond donors (Lipinski definition) is 2. The zero-order chi connectivity index (χ0) is 10.9. The first kappa shape index (κ1) is 10.5. The first-order valence-corrected chi connectivity index (χ1v) is 5.91. The fraction of sp³-hybridized carbons (Fsp3) is 0.750. The Hall–Kier alpha value is -0.990. The summed E-state index contributed by atoms with van der Waals surface area (Å²) in [6, 6.07) is 0. The Bertz CT molecular complexity index is 295. The van der Waals surface area contributed by atoms with Gasteiger partial charge in [-0.15, -0.1) is 0 Å². The monoisotopic (exact) mass is 207 g/mol. The lowest BCUT2D eigenvalue weighted by Crippen LogP contribution is -2.49. The minimum atomic E-state index is 0.274. The quantitative estimate of drug-likeness (QED) is 0.727. The summed E-state index contributed by atoms with van der Waals surface area (Å²) in [5.74, 6) is 1.76. The Morgan fingerprint density at radius 2 is 2.47 bits per heavy atom. The third-order valence-electron chi connectivity index (χ3n) is 3.64. The number of guanidine groups is 1. The van der Waals surface area contributed by atoms with Crippen LogP contribution in [0.4, 0.5) is 0 Å². The molecule has 2 aliphatic rings. The molecule has 2 unspecified atom stereocenters. The van der Waals surface area contributed by atoms with Crippen molar-refractivity contribution in [1.82, 2.24) is 10.6 Å². The second kappa shape index (κ2) is 3.87. The summed E-state index contributed by atoms with van der Waals surface area (Å²) in [6.45, 7) is 9.19. The van der Waals surface area contributed by atoms with Crippen LogP contribution in [0.1, 0.15) is 39.5 Å². The van der Waals surface area contributed by atoms with E-state index in [0.29, 0.717) is 0 Å². The van der Waals surface area contributed by atoms with Gasteiger partial charge in [0.05, 0.1) is 6.54 Å². The van der Waals surface area contributed by atoms with E-state index in [-0.39, 0.29) is 5.54 Å². The van der Waals surface area contributed by atoms with Crippen LogP contribution in [0, 0.1) is 5.92 Å². The number of aliphatic imine (C=N–C) groups is 1. The number of nitrogens with zero attached hydrogens (tertiary/aromatic N) is 1. The van der Waals surface area contributed by atoms with Gasteiger partial charge in [-0.1, -0.05) is 20.4 Å². The molecule has 1 aliphatic heterocycles. The van der Waals surface area contributed by atoms with Crippen LogP contribution in [0.15, 0.2) is 17.3 Å². The minimum absolute atomic E-state index is 0.274. The van der Waals surface area contributed by atoms with E-state index in [2.05, 4.69) is 36.1 Å². The molecule has 1 heterocycles. The highest BCUT2D eigenvalue weighted by molar-refractivity contribution is 5.84. The molecule has 0 spiro atoms. The van der Waals surface area contributed by atoms with E-state index in [1.54, 1.807) is 0 Å². The Balaban J connectivity index is 1.99. The van der Waals surface area contributed by atoms with Crippen LogP contribution in [-0.4, -0.2) is 18.0 Å². The molecule has 2 N–H and O–H groups in total. The van der Waals surface area contributed by atoms with Gasteiger partial charge >= 0.3 is 0 Å². The highest BCUT2D eigenvalue weighted by Crippen LogP contribution is 2.36. The third-order valence-corrected chi connectivity index (χ3v) is 3.64. The SMILES string of the molecule is C=C1CN=C(NC2(CC)CCC(C)C2)N1. The Kier molecular flexibility index (Phi) is 2.72. The highest BCUT2D eigenvalue weighted by Gasteiger charge is 2.36. The molecule has 0 aromatic heterocycles. The van der Waals surface area contributed by atoms with Crippen LogP contribution >= 0.6 is 0 Å². The Labute approximate surface area is 92.0 Å². The molecule has 0 aromatic carbocycles. The number of hydrogen-bond acceptors (Lipinski definition) is 3. The molecule has 0 amide bonds. The molecule has 0 radical (unpaired) electrons. The summed E-state index contributed by atoms with van der Waals surface area (Å²) < 4.78 is 0. The summed E-state index contributed by atoms with van der Waals surface area (Å²) in [6.07, 6.45) is 5.02. The normalized spacial score (nSPS) is 35.2. The van der Waals surface area contributed by atoms with Crippen molar-refractivity contribution in [2.75, 3.05) is 6.54 Å². The van der Waals surface area contributed by atoms with Crippen molar-refractivity contribution in [3.63, 3.8) is 0 Å². The van der Waals surface area contributed by atoms with Crippen molar-refractivity contribution >= 4 is 5.96 Å². The average Bonchev–Trinajstić information content (AvgIpc) is 2.75. The van der Waals surface area contributed by atoms with Crippen LogP contribution in [-0.2, 0) is 0 Å². The smallest absolute Gasteiger partial charge is 0.196 e. The molecule has 1 aliphatic carbocycles. The predicted molar refractivity (Wildman–Crippen MR) is 63.8 cm³/mol. The van der Waals surface area contributed by atoms with E-state index in [1.807, 2.05) is 0 Å². The van der Waals surface area contributed by atoms with Gasteiger partial charge in [0.15, 0.2) is 5.96 Å². The van der Waals surface area contributed by atoms with Crippen molar-refractivity contribution in [2.24, 2.45) is 10.9 Å². The maximum Gasteiger partial charge on any atom is 0.196 e. The average molecular weight is 207 g/mol. The third kappa shape index (κ3) is 2.16. The molecule has 1 saturated carbocycles. The van der Waals surface area contributed by atoms with E-state index in [4.69, 9.17) is 0 Å².